The molecule has 2 atom stereocenters. The molecule has 0 saturated carbocycles. The number of rotatable bonds is 4. The van der Waals surface area contributed by atoms with Gasteiger partial charge in [-0.1, -0.05) is 13.3 Å². The van der Waals surface area contributed by atoms with E-state index in [1.165, 1.54) is 6.42 Å². The summed E-state index contributed by atoms with van der Waals surface area (Å²) in [5, 5.41) is 0. The lowest BCUT2D eigenvalue weighted by molar-refractivity contribution is -0.139. The van der Waals surface area contributed by atoms with Gasteiger partial charge in [-0.2, -0.15) is 0 Å². The molecule has 0 unspecified atom stereocenters. The minimum atomic E-state index is -0.0927. The average molecular weight is 266 g/mol. The fourth-order valence-corrected chi connectivity index (χ4v) is 3.16. The number of nitrogens with zero attached hydrogens (tertiary/aromatic N) is 2. The Morgan fingerprint density at radius 3 is 2.84 bits per heavy atom. The Bertz CT molecular complexity index is 343. The summed E-state index contributed by atoms with van der Waals surface area (Å²) in [6, 6.07) is 0.348. The molecule has 2 rings (SSSR count). The summed E-state index contributed by atoms with van der Waals surface area (Å²) >= 11 is 0. The van der Waals surface area contributed by atoms with Crippen LogP contribution >= 0.6 is 0 Å². The Labute approximate surface area is 116 Å². The molecule has 2 heterocycles. The standard InChI is InChI=1S/C15H26N2O2/c1-3-4-8-16-11-13(10-14(16)18)15(19)17-9-6-5-7-12(17)2/h12-13H,3-11H2,1-2H3/t12-,13-/m0/s1. The van der Waals surface area contributed by atoms with E-state index in [2.05, 4.69) is 13.8 Å². The fraction of sp³-hybridized carbons (Fsp3) is 0.867. The molecule has 0 spiro atoms. The summed E-state index contributed by atoms with van der Waals surface area (Å²) in [5.41, 5.74) is 0. The van der Waals surface area contributed by atoms with Crippen LogP contribution in [0.5, 0.6) is 0 Å². The van der Waals surface area contributed by atoms with Crippen LogP contribution < -0.4 is 0 Å². The average Bonchev–Trinajstić information content (AvgIpc) is 2.77. The van der Waals surface area contributed by atoms with Crippen LogP contribution in [-0.4, -0.2) is 47.3 Å². The molecule has 4 heteroatoms. The number of piperidine rings is 1. The van der Waals surface area contributed by atoms with Crippen molar-refractivity contribution in [3.05, 3.63) is 0 Å². The highest BCUT2D eigenvalue weighted by Gasteiger charge is 2.37. The topological polar surface area (TPSA) is 40.6 Å². The molecule has 108 valence electrons. The number of unbranched alkanes of at least 4 members (excludes halogenated alkanes) is 1. The second-order valence-corrected chi connectivity index (χ2v) is 5.97. The fourth-order valence-electron chi connectivity index (χ4n) is 3.16. The van der Waals surface area contributed by atoms with Gasteiger partial charge in [0, 0.05) is 32.1 Å². The summed E-state index contributed by atoms with van der Waals surface area (Å²) in [5.74, 6) is 0.279. The number of hydrogen-bond acceptors (Lipinski definition) is 2. The van der Waals surface area contributed by atoms with E-state index in [1.807, 2.05) is 9.80 Å². The third-order valence-electron chi connectivity index (χ3n) is 4.43. The smallest absolute Gasteiger partial charge is 0.228 e. The molecular formula is C15H26N2O2. The predicted octanol–water partition coefficient (Wildman–Crippen LogP) is 2.04. The molecule has 4 nitrogen and oxygen atoms in total. The van der Waals surface area contributed by atoms with E-state index in [0.29, 0.717) is 19.0 Å². The van der Waals surface area contributed by atoms with Crippen molar-refractivity contribution in [2.45, 2.75) is 58.4 Å². The lowest BCUT2D eigenvalue weighted by Gasteiger charge is -2.35. The van der Waals surface area contributed by atoms with Gasteiger partial charge in [-0.05, 0) is 32.6 Å². The first-order chi connectivity index (χ1) is 9.13. The zero-order valence-electron chi connectivity index (χ0n) is 12.2. The summed E-state index contributed by atoms with van der Waals surface area (Å²) in [7, 11) is 0. The van der Waals surface area contributed by atoms with Gasteiger partial charge in [0.25, 0.3) is 0 Å². The molecule has 2 aliphatic heterocycles. The zero-order chi connectivity index (χ0) is 13.8. The van der Waals surface area contributed by atoms with Gasteiger partial charge in [-0.25, -0.2) is 0 Å². The second-order valence-electron chi connectivity index (χ2n) is 5.97. The molecule has 0 aromatic rings. The highest BCUT2D eigenvalue weighted by atomic mass is 16.2. The van der Waals surface area contributed by atoms with Crippen molar-refractivity contribution in [2.24, 2.45) is 5.92 Å². The Kier molecular flexibility index (Phi) is 4.83. The number of amides is 2. The largest absolute Gasteiger partial charge is 0.342 e. The minimum absolute atomic E-state index is 0.0927. The maximum atomic E-state index is 12.5. The van der Waals surface area contributed by atoms with Crippen LogP contribution in [-0.2, 0) is 9.59 Å². The maximum absolute atomic E-state index is 12.5. The van der Waals surface area contributed by atoms with E-state index < -0.39 is 0 Å². The van der Waals surface area contributed by atoms with Gasteiger partial charge in [-0.3, -0.25) is 9.59 Å². The first kappa shape index (κ1) is 14.4. The monoisotopic (exact) mass is 266 g/mol. The normalized spacial score (nSPS) is 28.0. The third-order valence-corrected chi connectivity index (χ3v) is 4.43. The zero-order valence-corrected chi connectivity index (χ0v) is 12.2. The third kappa shape index (κ3) is 3.28. The van der Waals surface area contributed by atoms with Crippen LogP contribution in [0.3, 0.4) is 0 Å². The molecule has 19 heavy (non-hydrogen) atoms. The van der Waals surface area contributed by atoms with Crippen molar-refractivity contribution in [1.29, 1.82) is 0 Å². The van der Waals surface area contributed by atoms with Crippen LogP contribution in [0, 0.1) is 5.92 Å². The first-order valence-electron chi connectivity index (χ1n) is 7.71. The van der Waals surface area contributed by atoms with E-state index in [0.717, 1.165) is 38.8 Å². The summed E-state index contributed by atoms with van der Waals surface area (Å²) in [6.07, 6.45) is 5.98. The summed E-state index contributed by atoms with van der Waals surface area (Å²) in [4.78, 5) is 28.3. The lowest BCUT2D eigenvalue weighted by atomic mass is 9.99. The minimum Gasteiger partial charge on any atom is -0.342 e. The molecule has 0 bridgehead atoms. The Morgan fingerprint density at radius 2 is 2.16 bits per heavy atom. The molecule has 2 fully saturated rings. The predicted molar refractivity (Wildman–Crippen MR) is 74.6 cm³/mol. The quantitative estimate of drug-likeness (QED) is 0.781. The van der Waals surface area contributed by atoms with Gasteiger partial charge < -0.3 is 9.80 Å². The molecular weight excluding hydrogens is 240 g/mol. The van der Waals surface area contributed by atoms with E-state index >= 15 is 0 Å². The van der Waals surface area contributed by atoms with E-state index in [-0.39, 0.29) is 17.7 Å². The molecule has 0 radical (unpaired) electrons. The molecule has 0 aliphatic carbocycles. The molecule has 0 aromatic heterocycles. The van der Waals surface area contributed by atoms with Crippen LogP contribution in [0.15, 0.2) is 0 Å². The molecule has 0 aromatic carbocycles. The SMILES string of the molecule is CCCCN1C[C@@H](C(=O)N2CCCC[C@@H]2C)CC1=O. The van der Waals surface area contributed by atoms with Crippen molar-refractivity contribution in [2.75, 3.05) is 19.6 Å². The van der Waals surface area contributed by atoms with Gasteiger partial charge in [0.1, 0.15) is 0 Å². The number of likely N-dealkylation sites (tertiary alicyclic amines) is 2. The van der Waals surface area contributed by atoms with E-state index in [4.69, 9.17) is 0 Å². The van der Waals surface area contributed by atoms with Gasteiger partial charge in [0.05, 0.1) is 5.92 Å². The van der Waals surface area contributed by atoms with Gasteiger partial charge in [-0.15, -0.1) is 0 Å². The van der Waals surface area contributed by atoms with Crippen LogP contribution in [0.25, 0.3) is 0 Å². The number of carbonyl (C=O) groups is 2. The maximum Gasteiger partial charge on any atom is 0.228 e. The molecule has 0 N–H and O–H groups in total. The molecule has 2 aliphatic rings. The number of hydrogen-bond donors (Lipinski definition) is 0. The van der Waals surface area contributed by atoms with Gasteiger partial charge >= 0.3 is 0 Å². The lowest BCUT2D eigenvalue weighted by Crippen LogP contribution is -2.45. The Morgan fingerprint density at radius 1 is 1.37 bits per heavy atom. The second kappa shape index (κ2) is 6.40. The van der Waals surface area contributed by atoms with E-state index in [9.17, 15) is 9.59 Å². The van der Waals surface area contributed by atoms with Gasteiger partial charge in [0.2, 0.25) is 11.8 Å². The summed E-state index contributed by atoms with van der Waals surface area (Å²) < 4.78 is 0. The van der Waals surface area contributed by atoms with Crippen LogP contribution in [0.4, 0.5) is 0 Å². The molecule has 2 amide bonds. The van der Waals surface area contributed by atoms with Crippen LogP contribution in [0.1, 0.15) is 52.4 Å². The first-order valence-corrected chi connectivity index (χ1v) is 7.71. The van der Waals surface area contributed by atoms with Crippen molar-refractivity contribution in [3.8, 4) is 0 Å². The van der Waals surface area contributed by atoms with Crippen molar-refractivity contribution in [3.63, 3.8) is 0 Å². The number of carbonyl (C=O) groups excluding carboxylic acids is 2. The van der Waals surface area contributed by atoms with Gasteiger partial charge in [0.15, 0.2) is 0 Å². The van der Waals surface area contributed by atoms with Crippen molar-refractivity contribution in [1.82, 2.24) is 9.80 Å². The highest BCUT2D eigenvalue weighted by Crippen LogP contribution is 2.24. The summed E-state index contributed by atoms with van der Waals surface area (Å²) in [6.45, 7) is 6.58. The molecule has 2 saturated heterocycles. The van der Waals surface area contributed by atoms with Crippen molar-refractivity contribution >= 4 is 11.8 Å². The van der Waals surface area contributed by atoms with E-state index in [1.54, 1.807) is 0 Å². The van der Waals surface area contributed by atoms with Crippen molar-refractivity contribution < 1.29 is 9.59 Å². The Balaban J connectivity index is 1.91. The highest BCUT2D eigenvalue weighted by molar-refractivity contribution is 5.89. The Hall–Kier alpha value is -1.06. The van der Waals surface area contributed by atoms with Crippen LogP contribution in [0.2, 0.25) is 0 Å².